The lowest BCUT2D eigenvalue weighted by molar-refractivity contribution is -0.120. The Labute approximate surface area is 198 Å². The number of anilines is 2. The van der Waals surface area contributed by atoms with Crippen LogP contribution < -0.4 is 14.5 Å². The van der Waals surface area contributed by atoms with Crippen LogP contribution in [0.4, 0.5) is 11.6 Å². The molecule has 0 spiro atoms. The maximum Gasteiger partial charge on any atom is 0.282 e. The maximum absolute atomic E-state index is 13.7. The van der Waals surface area contributed by atoms with Crippen molar-refractivity contribution in [3.63, 3.8) is 0 Å². The van der Waals surface area contributed by atoms with E-state index in [1.54, 1.807) is 37.7 Å². The third-order valence-electron chi connectivity index (χ3n) is 6.16. The Bertz CT molecular complexity index is 1230. The molecule has 5 rings (SSSR count). The van der Waals surface area contributed by atoms with Gasteiger partial charge in [-0.3, -0.25) is 9.59 Å². The topological polar surface area (TPSA) is 78.9 Å². The molecule has 172 valence electrons. The van der Waals surface area contributed by atoms with Crippen LogP contribution in [0.5, 0.6) is 5.75 Å². The van der Waals surface area contributed by atoms with Crippen LogP contribution in [0.25, 0.3) is 5.57 Å². The summed E-state index contributed by atoms with van der Waals surface area (Å²) in [5, 5.41) is 0. The van der Waals surface area contributed by atoms with Crippen LogP contribution in [-0.2, 0) is 9.59 Å². The number of aryl methyl sites for hydroxylation is 1. The average molecular weight is 456 g/mol. The number of aromatic nitrogens is 2. The predicted octanol–water partition coefficient (Wildman–Crippen LogP) is 2.90. The van der Waals surface area contributed by atoms with E-state index in [2.05, 4.69) is 14.9 Å². The Morgan fingerprint density at radius 3 is 2.03 bits per heavy atom. The number of nitrogens with zero attached hydrogens (tertiary/aromatic N) is 5. The number of methoxy groups -OCH3 is 1. The van der Waals surface area contributed by atoms with Crippen molar-refractivity contribution in [2.45, 2.75) is 6.92 Å². The minimum atomic E-state index is -0.317. The normalized spacial score (nSPS) is 16.5. The number of rotatable bonds is 5. The molecule has 3 aromatic rings. The monoisotopic (exact) mass is 455 g/mol. The van der Waals surface area contributed by atoms with Crippen molar-refractivity contribution in [1.29, 1.82) is 0 Å². The van der Waals surface area contributed by atoms with Crippen molar-refractivity contribution in [1.82, 2.24) is 14.9 Å². The second kappa shape index (κ2) is 8.97. The van der Waals surface area contributed by atoms with E-state index in [4.69, 9.17) is 4.74 Å². The zero-order valence-corrected chi connectivity index (χ0v) is 19.1. The first-order chi connectivity index (χ1) is 16.6. The Hall–Kier alpha value is -4.20. The molecule has 0 radical (unpaired) electrons. The van der Waals surface area contributed by atoms with Gasteiger partial charge in [-0.1, -0.05) is 29.8 Å². The van der Waals surface area contributed by atoms with Crippen LogP contribution in [0.1, 0.15) is 11.1 Å². The minimum absolute atomic E-state index is 0.302. The smallest absolute Gasteiger partial charge is 0.282 e. The number of hydrogen-bond donors (Lipinski definition) is 0. The highest BCUT2D eigenvalue weighted by Crippen LogP contribution is 2.36. The molecule has 0 bridgehead atoms. The summed E-state index contributed by atoms with van der Waals surface area (Å²) in [7, 11) is 1.60. The lowest BCUT2D eigenvalue weighted by Gasteiger charge is -2.36. The summed E-state index contributed by atoms with van der Waals surface area (Å²) >= 11 is 0. The lowest BCUT2D eigenvalue weighted by atomic mass is 10.0. The molecule has 1 saturated heterocycles. The van der Waals surface area contributed by atoms with Gasteiger partial charge >= 0.3 is 0 Å². The third-order valence-corrected chi connectivity index (χ3v) is 6.16. The Morgan fingerprint density at radius 1 is 0.794 bits per heavy atom. The number of carbonyl (C=O) groups is 2. The first kappa shape index (κ1) is 21.6. The zero-order valence-electron chi connectivity index (χ0n) is 19.1. The van der Waals surface area contributed by atoms with E-state index in [-0.39, 0.29) is 11.8 Å². The Kier molecular flexibility index (Phi) is 5.71. The third kappa shape index (κ3) is 3.87. The highest BCUT2D eigenvalue weighted by atomic mass is 16.5. The molecule has 0 unspecified atom stereocenters. The van der Waals surface area contributed by atoms with Gasteiger partial charge in [0, 0.05) is 38.6 Å². The van der Waals surface area contributed by atoms with Gasteiger partial charge in [-0.15, -0.1) is 0 Å². The standard InChI is InChI=1S/C26H25N5O3/c1-18-4-8-20(9-5-18)31-24(32)22(19-6-10-21(34-2)11-7-19)23(25(31)33)29-14-16-30(17-15-29)26-27-12-3-13-28-26/h3-13H,14-17H2,1-2H3. The molecule has 2 aromatic carbocycles. The van der Waals surface area contributed by atoms with Gasteiger partial charge in [-0.05, 0) is 42.8 Å². The zero-order chi connectivity index (χ0) is 23.7. The summed E-state index contributed by atoms with van der Waals surface area (Å²) in [6, 6.07) is 16.5. The van der Waals surface area contributed by atoms with Crippen LogP contribution in [0.15, 0.2) is 72.7 Å². The molecule has 2 aliphatic heterocycles. The molecule has 2 amide bonds. The molecule has 8 nitrogen and oxygen atoms in total. The summed E-state index contributed by atoms with van der Waals surface area (Å²) in [6.45, 7) is 4.42. The maximum atomic E-state index is 13.7. The molecule has 0 atom stereocenters. The van der Waals surface area contributed by atoms with Gasteiger partial charge in [-0.2, -0.15) is 0 Å². The van der Waals surface area contributed by atoms with Gasteiger partial charge in [0.2, 0.25) is 5.95 Å². The highest BCUT2D eigenvalue weighted by Gasteiger charge is 2.43. The van der Waals surface area contributed by atoms with E-state index in [0.717, 1.165) is 5.56 Å². The van der Waals surface area contributed by atoms with Gasteiger partial charge in [0.05, 0.1) is 18.4 Å². The Morgan fingerprint density at radius 2 is 1.41 bits per heavy atom. The van der Waals surface area contributed by atoms with Crippen molar-refractivity contribution in [2.75, 3.05) is 43.1 Å². The molecular formula is C26H25N5O3. The van der Waals surface area contributed by atoms with Gasteiger partial charge in [-0.25, -0.2) is 14.9 Å². The molecule has 0 N–H and O–H groups in total. The van der Waals surface area contributed by atoms with E-state index in [1.807, 2.05) is 48.2 Å². The van der Waals surface area contributed by atoms with E-state index in [0.29, 0.717) is 60.4 Å². The molecular weight excluding hydrogens is 430 g/mol. The minimum Gasteiger partial charge on any atom is -0.497 e. The SMILES string of the molecule is COc1ccc(C2=C(N3CCN(c4ncccn4)CC3)C(=O)N(c3ccc(C)cc3)C2=O)cc1. The van der Waals surface area contributed by atoms with Gasteiger partial charge in [0.1, 0.15) is 11.4 Å². The average Bonchev–Trinajstić information content (AvgIpc) is 3.15. The summed E-state index contributed by atoms with van der Waals surface area (Å²) in [6.07, 6.45) is 3.44. The number of imide groups is 1. The first-order valence-electron chi connectivity index (χ1n) is 11.2. The van der Waals surface area contributed by atoms with Gasteiger partial charge in [0.25, 0.3) is 11.8 Å². The van der Waals surface area contributed by atoms with Crippen LogP contribution in [0, 0.1) is 6.92 Å². The summed E-state index contributed by atoms with van der Waals surface area (Å²) in [4.78, 5) is 41.4. The molecule has 0 aliphatic carbocycles. The number of hydrogen-bond acceptors (Lipinski definition) is 7. The summed E-state index contributed by atoms with van der Waals surface area (Å²) in [5.41, 5.74) is 3.17. The van der Waals surface area contributed by atoms with Crippen molar-refractivity contribution in [3.8, 4) is 5.75 Å². The van der Waals surface area contributed by atoms with E-state index in [1.165, 1.54) is 4.90 Å². The van der Waals surface area contributed by atoms with Crippen molar-refractivity contribution < 1.29 is 14.3 Å². The van der Waals surface area contributed by atoms with Gasteiger partial charge < -0.3 is 14.5 Å². The number of carbonyl (C=O) groups excluding carboxylic acids is 2. The molecule has 3 heterocycles. The van der Waals surface area contributed by atoms with Crippen LogP contribution in [0.2, 0.25) is 0 Å². The first-order valence-corrected chi connectivity index (χ1v) is 11.2. The molecule has 1 fully saturated rings. The number of amides is 2. The molecule has 34 heavy (non-hydrogen) atoms. The fraction of sp³-hybridized carbons (Fsp3) is 0.231. The van der Waals surface area contributed by atoms with Crippen LogP contribution in [0.3, 0.4) is 0 Å². The van der Waals surface area contributed by atoms with Crippen molar-refractivity contribution in [2.24, 2.45) is 0 Å². The van der Waals surface area contributed by atoms with Crippen molar-refractivity contribution >= 4 is 29.0 Å². The quantitative estimate of drug-likeness (QED) is 0.548. The molecule has 2 aliphatic rings. The lowest BCUT2D eigenvalue weighted by Crippen LogP contribution is -2.48. The Balaban J connectivity index is 1.50. The van der Waals surface area contributed by atoms with E-state index < -0.39 is 0 Å². The largest absolute Gasteiger partial charge is 0.497 e. The number of ether oxygens (including phenoxy) is 1. The second-order valence-corrected chi connectivity index (χ2v) is 8.26. The van der Waals surface area contributed by atoms with E-state index >= 15 is 0 Å². The molecule has 0 saturated carbocycles. The second-order valence-electron chi connectivity index (χ2n) is 8.26. The molecule has 8 heteroatoms. The fourth-order valence-electron chi connectivity index (χ4n) is 4.34. The van der Waals surface area contributed by atoms with Crippen molar-refractivity contribution in [3.05, 3.63) is 83.8 Å². The van der Waals surface area contributed by atoms with Crippen LogP contribution >= 0.6 is 0 Å². The summed E-state index contributed by atoms with van der Waals surface area (Å²) in [5.74, 6) is 0.739. The number of benzene rings is 2. The number of piperazine rings is 1. The highest BCUT2D eigenvalue weighted by molar-refractivity contribution is 6.45. The molecule has 1 aromatic heterocycles. The summed E-state index contributed by atoms with van der Waals surface area (Å²) < 4.78 is 5.27. The van der Waals surface area contributed by atoms with Crippen LogP contribution in [-0.4, -0.2) is 60.0 Å². The predicted molar refractivity (Wildman–Crippen MR) is 129 cm³/mol. The fourth-order valence-corrected chi connectivity index (χ4v) is 4.34. The van der Waals surface area contributed by atoms with Gasteiger partial charge in [0.15, 0.2) is 0 Å². The van der Waals surface area contributed by atoms with E-state index in [9.17, 15) is 9.59 Å².